The maximum Gasteiger partial charge on any atom is 0.271 e. The summed E-state index contributed by atoms with van der Waals surface area (Å²) >= 11 is 0. The molecule has 1 amide bonds. The van der Waals surface area contributed by atoms with Gasteiger partial charge in [-0.25, -0.2) is 5.43 Å². The van der Waals surface area contributed by atoms with Crippen LogP contribution < -0.4 is 5.43 Å². The number of rotatable bonds is 5. The number of nitrogens with zero attached hydrogens (tertiary/aromatic N) is 2. The van der Waals surface area contributed by atoms with Crippen molar-refractivity contribution < 1.29 is 9.72 Å². The molecule has 0 fully saturated rings. The molecule has 0 aromatic heterocycles. The predicted molar refractivity (Wildman–Crippen MR) is 88.6 cm³/mol. The van der Waals surface area contributed by atoms with Crippen LogP contribution in [0.1, 0.15) is 35.3 Å². The first-order chi connectivity index (χ1) is 11.0. The average Bonchev–Trinajstić information content (AvgIpc) is 2.59. The van der Waals surface area contributed by atoms with Gasteiger partial charge in [0.25, 0.3) is 11.6 Å². The second-order valence-corrected chi connectivity index (χ2v) is 5.00. The molecule has 118 valence electrons. The maximum atomic E-state index is 12.0. The summed E-state index contributed by atoms with van der Waals surface area (Å²) in [6, 6.07) is 13.4. The fraction of sp³-hybridized carbons (Fsp3) is 0.176. The average molecular weight is 311 g/mol. The first-order valence-corrected chi connectivity index (χ1v) is 7.19. The zero-order valence-electron chi connectivity index (χ0n) is 12.9. The van der Waals surface area contributed by atoms with E-state index in [2.05, 4.69) is 17.5 Å². The van der Waals surface area contributed by atoms with Crippen molar-refractivity contribution in [3.63, 3.8) is 0 Å². The lowest BCUT2D eigenvalue weighted by atomic mass is 10.1. The first-order valence-electron chi connectivity index (χ1n) is 7.19. The molecule has 23 heavy (non-hydrogen) atoms. The molecular weight excluding hydrogens is 294 g/mol. The highest BCUT2D eigenvalue weighted by Gasteiger charge is 2.11. The Bertz CT molecular complexity index is 752. The number of hydrazone groups is 1. The van der Waals surface area contributed by atoms with Crippen LogP contribution in [0.2, 0.25) is 0 Å². The monoisotopic (exact) mass is 311 g/mol. The number of aryl methyl sites for hydroxylation is 1. The molecule has 0 aliphatic rings. The molecule has 0 saturated carbocycles. The highest BCUT2D eigenvalue weighted by Crippen LogP contribution is 2.13. The van der Waals surface area contributed by atoms with Crippen molar-refractivity contribution in [2.24, 2.45) is 5.10 Å². The fourth-order valence-corrected chi connectivity index (χ4v) is 2.01. The Morgan fingerprint density at radius 3 is 2.48 bits per heavy atom. The van der Waals surface area contributed by atoms with E-state index in [1.807, 2.05) is 24.3 Å². The Morgan fingerprint density at radius 2 is 1.87 bits per heavy atom. The van der Waals surface area contributed by atoms with Crippen molar-refractivity contribution in [2.45, 2.75) is 20.3 Å². The number of carbonyl (C=O) groups is 1. The van der Waals surface area contributed by atoms with E-state index >= 15 is 0 Å². The number of amides is 1. The molecule has 2 aromatic carbocycles. The second-order valence-electron chi connectivity index (χ2n) is 5.00. The fourth-order valence-electron chi connectivity index (χ4n) is 2.01. The smallest absolute Gasteiger partial charge is 0.267 e. The lowest BCUT2D eigenvalue weighted by molar-refractivity contribution is -0.384. The van der Waals surface area contributed by atoms with E-state index in [4.69, 9.17) is 0 Å². The van der Waals surface area contributed by atoms with Crippen molar-refractivity contribution in [1.29, 1.82) is 0 Å². The number of non-ortho nitro benzene ring substituents is 1. The summed E-state index contributed by atoms with van der Waals surface area (Å²) in [4.78, 5) is 22.2. The topological polar surface area (TPSA) is 84.6 Å². The van der Waals surface area contributed by atoms with Gasteiger partial charge >= 0.3 is 0 Å². The van der Waals surface area contributed by atoms with Gasteiger partial charge in [0, 0.05) is 17.7 Å². The number of nitro benzene ring substituents is 1. The minimum Gasteiger partial charge on any atom is -0.267 e. The van der Waals surface area contributed by atoms with Crippen LogP contribution in [0.4, 0.5) is 5.69 Å². The van der Waals surface area contributed by atoms with Crippen LogP contribution in [-0.2, 0) is 6.42 Å². The lowest BCUT2D eigenvalue weighted by Crippen LogP contribution is -2.19. The summed E-state index contributed by atoms with van der Waals surface area (Å²) < 4.78 is 0. The summed E-state index contributed by atoms with van der Waals surface area (Å²) in [5.41, 5.74) is 5.27. The minimum absolute atomic E-state index is 0.131. The van der Waals surface area contributed by atoms with Gasteiger partial charge in [-0.15, -0.1) is 0 Å². The van der Waals surface area contributed by atoms with E-state index in [9.17, 15) is 14.9 Å². The third-order valence-corrected chi connectivity index (χ3v) is 3.42. The van der Waals surface area contributed by atoms with E-state index in [1.165, 1.54) is 29.8 Å². The molecule has 0 radical (unpaired) electrons. The van der Waals surface area contributed by atoms with Crippen molar-refractivity contribution in [3.05, 3.63) is 75.3 Å². The van der Waals surface area contributed by atoms with Gasteiger partial charge in [-0.1, -0.05) is 37.3 Å². The normalized spacial score (nSPS) is 11.1. The molecule has 1 N–H and O–H groups in total. The third kappa shape index (κ3) is 4.23. The number of hydrogen-bond acceptors (Lipinski definition) is 4. The molecule has 6 heteroatoms. The van der Waals surface area contributed by atoms with Crippen LogP contribution in [0, 0.1) is 10.1 Å². The van der Waals surface area contributed by atoms with Crippen LogP contribution in [0.5, 0.6) is 0 Å². The number of benzene rings is 2. The van der Waals surface area contributed by atoms with Crippen molar-refractivity contribution in [1.82, 2.24) is 5.43 Å². The summed E-state index contributed by atoms with van der Waals surface area (Å²) in [6.45, 7) is 3.86. The number of hydrogen-bond donors (Lipinski definition) is 1. The van der Waals surface area contributed by atoms with Gasteiger partial charge in [0.15, 0.2) is 0 Å². The van der Waals surface area contributed by atoms with Gasteiger partial charge in [0.2, 0.25) is 0 Å². The quantitative estimate of drug-likeness (QED) is 0.522. The second kappa shape index (κ2) is 7.31. The van der Waals surface area contributed by atoms with E-state index in [0.29, 0.717) is 5.71 Å². The molecule has 0 bridgehead atoms. The van der Waals surface area contributed by atoms with Gasteiger partial charge in [0.1, 0.15) is 0 Å². The molecule has 0 aliphatic carbocycles. The summed E-state index contributed by atoms with van der Waals surface area (Å²) in [5, 5.41) is 14.8. The molecule has 0 unspecified atom stereocenters. The largest absolute Gasteiger partial charge is 0.271 e. The molecule has 0 saturated heterocycles. The van der Waals surface area contributed by atoms with Gasteiger partial charge in [0.05, 0.1) is 10.6 Å². The molecule has 2 rings (SSSR count). The Balaban J connectivity index is 2.10. The Kier molecular flexibility index (Phi) is 5.19. The van der Waals surface area contributed by atoms with Crippen molar-refractivity contribution in [3.8, 4) is 0 Å². The van der Waals surface area contributed by atoms with Gasteiger partial charge in [-0.05, 0) is 30.5 Å². The van der Waals surface area contributed by atoms with Crippen molar-refractivity contribution in [2.75, 3.05) is 0 Å². The SMILES string of the molecule is CCc1ccc(/C(C)=N/NC(=O)c2cccc([N+](=O)[O-])c2)cc1. The molecular formula is C17H17N3O3. The van der Waals surface area contributed by atoms with Crippen LogP contribution in [0.15, 0.2) is 53.6 Å². The summed E-state index contributed by atoms with van der Waals surface area (Å²) in [6.07, 6.45) is 0.958. The van der Waals surface area contributed by atoms with Crippen LogP contribution in [0.3, 0.4) is 0 Å². The molecule has 0 aliphatic heterocycles. The maximum absolute atomic E-state index is 12.0. The molecule has 6 nitrogen and oxygen atoms in total. The van der Waals surface area contributed by atoms with Gasteiger partial charge < -0.3 is 0 Å². The van der Waals surface area contributed by atoms with E-state index in [0.717, 1.165) is 12.0 Å². The lowest BCUT2D eigenvalue weighted by Gasteiger charge is -2.04. The Morgan fingerprint density at radius 1 is 1.17 bits per heavy atom. The summed E-state index contributed by atoms with van der Waals surface area (Å²) in [5.74, 6) is -0.488. The van der Waals surface area contributed by atoms with E-state index < -0.39 is 10.8 Å². The van der Waals surface area contributed by atoms with Gasteiger partial charge in [-0.2, -0.15) is 5.10 Å². The summed E-state index contributed by atoms with van der Waals surface area (Å²) in [7, 11) is 0. The standard InChI is InChI=1S/C17H17N3O3/c1-3-13-7-9-14(10-8-13)12(2)18-19-17(21)15-5-4-6-16(11-15)20(22)23/h4-11H,3H2,1-2H3,(H,19,21)/b18-12+. The first kappa shape index (κ1) is 16.4. The molecule has 0 spiro atoms. The minimum atomic E-state index is -0.541. The highest BCUT2D eigenvalue weighted by molar-refractivity contribution is 6.01. The van der Waals surface area contributed by atoms with Crippen LogP contribution in [0.25, 0.3) is 0 Å². The third-order valence-electron chi connectivity index (χ3n) is 3.42. The Hall–Kier alpha value is -3.02. The molecule has 0 atom stereocenters. The Labute approximate surface area is 134 Å². The van der Waals surface area contributed by atoms with Crippen molar-refractivity contribution >= 4 is 17.3 Å². The van der Waals surface area contributed by atoms with Crippen LogP contribution in [-0.4, -0.2) is 16.5 Å². The highest BCUT2D eigenvalue weighted by atomic mass is 16.6. The zero-order chi connectivity index (χ0) is 16.8. The molecule has 0 heterocycles. The number of nitrogens with one attached hydrogen (secondary N) is 1. The van der Waals surface area contributed by atoms with Crippen LogP contribution >= 0.6 is 0 Å². The van der Waals surface area contributed by atoms with E-state index in [-0.39, 0.29) is 11.3 Å². The number of nitro groups is 1. The number of carbonyl (C=O) groups excluding carboxylic acids is 1. The van der Waals surface area contributed by atoms with E-state index in [1.54, 1.807) is 6.92 Å². The predicted octanol–water partition coefficient (Wildman–Crippen LogP) is 3.31. The zero-order valence-corrected chi connectivity index (χ0v) is 12.9. The molecule has 2 aromatic rings. The van der Waals surface area contributed by atoms with Gasteiger partial charge in [-0.3, -0.25) is 14.9 Å².